The molecule has 4 nitrogen and oxygen atoms in total. The summed E-state index contributed by atoms with van der Waals surface area (Å²) in [7, 11) is 0. The van der Waals surface area contributed by atoms with E-state index in [1.165, 1.54) is 30.6 Å². The Labute approximate surface area is 183 Å². The Bertz CT molecular complexity index is 923. The number of unbranched alkanes of at least 4 members (excludes halogenated alkanes) is 3. The van der Waals surface area contributed by atoms with E-state index in [2.05, 4.69) is 29.0 Å². The molecule has 2 unspecified atom stereocenters. The summed E-state index contributed by atoms with van der Waals surface area (Å²) in [5, 5.41) is 20.4. The standard InChI is InChI=1S/C25H32N2O2S/c1-3-4-5-6-7-21-8-9-25(30-21)24(29)17-20-11-13-27-23(16-20)22-15-19(10-12-26-22)14-18(2)28/h8-13,15-16,18,24,28-29H,3-7,14,17H2,1-2H3. The Morgan fingerprint density at radius 3 is 2.17 bits per heavy atom. The zero-order valence-electron chi connectivity index (χ0n) is 17.9. The largest absolute Gasteiger partial charge is 0.393 e. The molecule has 3 aromatic heterocycles. The summed E-state index contributed by atoms with van der Waals surface area (Å²) < 4.78 is 0. The third kappa shape index (κ3) is 6.73. The van der Waals surface area contributed by atoms with Gasteiger partial charge < -0.3 is 10.2 Å². The molecule has 0 spiro atoms. The van der Waals surface area contributed by atoms with E-state index >= 15 is 0 Å². The number of aliphatic hydroxyl groups is 2. The summed E-state index contributed by atoms with van der Waals surface area (Å²) in [6, 6.07) is 12.1. The third-order valence-electron chi connectivity index (χ3n) is 5.16. The third-order valence-corrected chi connectivity index (χ3v) is 6.41. The second-order valence-electron chi connectivity index (χ2n) is 7.99. The van der Waals surface area contributed by atoms with Crippen molar-refractivity contribution in [3.05, 3.63) is 69.7 Å². The summed E-state index contributed by atoms with van der Waals surface area (Å²) >= 11 is 1.72. The smallest absolute Gasteiger partial charge is 0.0922 e. The Hall–Kier alpha value is -2.08. The Morgan fingerprint density at radius 2 is 1.53 bits per heavy atom. The van der Waals surface area contributed by atoms with Crippen LogP contribution in [-0.2, 0) is 19.3 Å². The number of hydrogen-bond donors (Lipinski definition) is 2. The van der Waals surface area contributed by atoms with Crippen molar-refractivity contribution in [2.75, 3.05) is 0 Å². The van der Waals surface area contributed by atoms with Crippen molar-refractivity contribution in [1.82, 2.24) is 9.97 Å². The molecule has 2 atom stereocenters. The van der Waals surface area contributed by atoms with Gasteiger partial charge in [-0.15, -0.1) is 11.3 Å². The van der Waals surface area contributed by atoms with Crippen molar-refractivity contribution in [3.63, 3.8) is 0 Å². The van der Waals surface area contributed by atoms with Crippen molar-refractivity contribution < 1.29 is 10.2 Å². The molecule has 3 aromatic rings. The minimum atomic E-state index is -0.510. The molecule has 0 amide bonds. The molecule has 160 valence electrons. The van der Waals surface area contributed by atoms with Gasteiger partial charge in [-0.1, -0.05) is 26.2 Å². The van der Waals surface area contributed by atoms with Gasteiger partial charge in [0.1, 0.15) is 0 Å². The van der Waals surface area contributed by atoms with Gasteiger partial charge in [0.05, 0.1) is 23.6 Å². The monoisotopic (exact) mass is 424 g/mol. The lowest BCUT2D eigenvalue weighted by Gasteiger charge is -2.10. The highest BCUT2D eigenvalue weighted by atomic mass is 32.1. The maximum absolute atomic E-state index is 10.7. The number of rotatable bonds is 11. The number of aromatic nitrogens is 2. The van der Waals surface area contributed by atoms with Crippen LogP contribution in [0, 0.1) is 0 Å². The van der Waals surface area contributed by atoms with Gasteiger partial charge in [0.2, 0.25) is 0 Å². The minimum Gasteiger partial charge on any atom is -0.393 e. The summed E-state index contributed by atoms with van der Waals surface area (Å²) in [6.45, 7) is 4.01. The number of nitrogens with zero attached hydrogens (tertiary/aromatic N) is 2. The average Bonchev–Trinajstić information content (AvgIpc) is 3.20. The molecule has 5 heteroatoms. The molecule has 0 aliphatic carbocycles. The predicted molar refractivity (Wildman–Crippen MR) is 124 cm³/mol. The molecule has 2 N–H and O–H groups in total. The maximum Gasteiger partial charge on any atom is 0.0922 e. The molecular weight excluding hydrogens is 392 g/mol. The van der Waals surface area contributed by atoms with Crippen LogP contribution in [0.2, 0.25) is 0 Å². The first-order valence-corrected chi connectivity index (χ1v) is 11.7. The fraction of sp³-hybridized carbons (Fsp3) is 0.440. The number of aryl methyl sites for hydroxylation is 1. The van der Waals surface area contributed by atoms with Gasteiger partial charge in [-0.2, -0.15) is 0 Å². The van der Waals surface area contributed by atoms with E-state index in [-0.39, 0.29) is 0 Å². The Balaban J connectivity index is 1.64. The van der Waals surface area contributed by atoms with Crippen LogP contribution >= 0.6 is 11.3 Å². The fourth-order valence-corrected chi connectivity index (χ4v) is 4.62. The molecule has 0 radical (unpaired) electrons. The summed E-state index contributed by atoms with van der Waals surface area (Å²) in [4.78, 5) is 11.3. The molecular formula is C25H32N2O2S. The van der Waals surface area contributed by atoms with Crippen LogP contribution in [0.25, 0.3) is 11.4 Å². The highest BCUT2D eigenvalue weighted by molar-refractivity contribution is 7.12. The first kappa shape index (κ1) is 22.6. The number of pyridine rings is 2. The van der Waals surface area contributed by atoms with Crippen LogP contribution in [0.3, 0.4) is 0 Å². The van der Waals surface area contributed by atoms with E-state index in [1.54, 1.807) is 30.7 Å². The van der Waals surface area contributed by atoms with Gasteiger partial charge in [-0.3, -0.25) is 9.97 Å². The summed E-state index contributed by atoms with van der Waals surface area (Å²) in [5.41, 5.74) is 3.64. The lowest BCUT2D eigenvalue weighted by atomic mass is 10.0. The van der Waals surface area contributed by atoms with Gasteiger partial charge in [0.25, 0.3) is 0 Å². The normalized spacial score (nSPS) is 13.3. The number of thiophene rings is 1. The van der Waals surface area contributed by atoms with Crippen LogP contribution in [0.15, 0.2) is 48.8 Å². The van der Waals surface area contributed by atoms with Crippen molar-refractivity contribution in [3.8, 4) is 11.4 Å². The molecule has 3 heterocycles. The SMILES string of the molecule is CCCCCCc1ccc(C(O)Cc2ccnc(-c3cc(CC(C)O)ccn3)c2)s1. The Kier molecular flexibility index (Phi) is 8.55. The zero-order valence-corrected chi connectivity index (χ0v) is 18.7. The van der Waals surface area contributed by atoms with E-state index in [1.807, 2.05) is 24.3 Å². The van der Waals surface area contributed by atoms with Crippen molar-refractivity contribution in [1.29, 1.82) is 0 Å². The molecule has 0 aromatic carbocycles. The van der Waals surface area contributed by atoms with Gasteiger partial charge in [-0.25, -0.2) is 0 Å². The van der Waals surface area contributed by atoms with Crippen molar-refractivity contribution in [2.45, 2.75) is 71.0 Å². The van der Waals surface area contributed by atoms with Crippen LogP contribution in [0.5, 0.6) is 0 Å². The molecule has 0 aliphatic heterocycles. The molecule has 3 rings (SSSR count). The Morgan fingerprint density at radius 1 is 0.867 bits per heavy atom. The zero-order chi connectivity index (χ0) is 21.3. The quantitative estimate of drug-likeness (QED) is 0.397. The first-order chi connectivity index (χ1) is 14.5. The van der Waals surface area contributed by atoms with Crippen LogP contribution < -0.4 is 0 Å². The van der Waals surface area contributed by atoms with Crippen LogP contribution in [0.1, 0.15) is 66.5 Å². The van der Waals surface area contributed by atoms with Gasteiger partial charge in [0.15, 0.2) is 0 Å². The van der Waals surface area contributed by atoms with E-state index in [0.29, 0.717) is 12.8 Å². The highest BCUT2D eigenvalue weighted by Crippen LogP contribution is 2.28. The van der Waals surface area contributed by atoms with Crippen LogP contribution in [0.4, 0.5) is 0 Å². The highest BCUT2D eigenvalue weighted by Gasteiger charge is 2.13. The van der Waals surface area contributed by atoms with Crippen LogP contribution in [-0.4, -0.2) is 26.3 Å². The average molecular weight is 425 g/mol. The lowest BCUT2D eigenvalue weighted by molar-refractivity contribution is 0.182. The predicted octanol–water partition coefficient (Wildman–Crippen LogP) is 5.53. The second-order valence-corrected chi connectivity index (χ2v) is 9.19. The molecule has 0 fully saturated rings. The molecule has 0 saturated carbocycles. The van der Waals surface area contributed by atoms with Gasteiger partial charge in [0, 0.05) is 28.6 Å². The van der Waals surface area contributed by atoms with E-state index in [9.17, 15) is 10.2 Å². The second kappa shape index (κ2) is 11.3. The molecule has 0 aliphatic rings. The maximum atomic E-state index is 10.7. The van der Waals surface area contributed by atoms with Gasteiger partial charge in [-0.05, 0) is 73.7 Å². The van der Waals surface area contributed by atoms with E-state index in [0.717, 1.165) is 33.8 Å². The molecule has 0 saturated heterocycles. The van der Waals surface area contributed by atoms with Crippen molar-refractivity contribution in [2.24, 2.45) is 0 Å². The van der Waals surface area contributed by atoms with Gasteiger partial charge >= 0.3 is 0 Å². The summed E-state index contributed by atoms with van der Waals surface area (Å²) in [5.74, 6) is 0. The van der Waals surface area contributed by atoms with E-state index in [4.69, 9.17) is 0 Å². The lowest BCUT2D eigenvalue weighted by Crippen LogP contribution is -2.04. The first-order valence-electron chi connectivity index (χ1n) is 10.9. The fourth-order valence-electron chi connectivity index (χ4n) is 3.58. The number of aliphatic hydroxyl groups excluding tert-OH is 2. The van der Waals surface area contributed by atoms with Crippen molar-refractivity contribution >= 4 is 11.3 Å². The molecule has 0 bridgehead atoms. The molecule has 30 heavy (non-hydrogen) atoms. The topological polar surface area (TPSA) is 66.2 Å². The minimum absolute atomic E-state index is 0.392. The summed E-state index contributed by atoms with van der Waals surface area (Å²) in [6.07, 6.45) is 9.91. The van der Waals surface area contributed by atoms with E-state index < -0.39 is 12.2 Å². The number of hydrogen-bond acceptors (Lipinski definition) is 5.